The van der Waals surface area contributed by atoms with Gasteiger partial charge >= 0.3 is 0 Å². The molecule has 0 heterocycles. The number of rotatable bonds is 0. The van der Waals surface area contributed by atoms with Crippen LogP contribution in [0.3, 0.4) is 0 Å². The Hall–Kier alpha value is -1.59. The van der Waals surface area contributed by atoms with E-state index in [1.807, 2.05) is 0 Å². The molecule has 0 aromatic carbocycles. The van der Waals surface area contributed by atoms with Crippen LogP contribution in [0.25, 0.3) is 0 Å². The first-order valence-electron chi connectivity index (χ1n) is 5.34. The Morgan fingerprint density at radius 1 is 0.778 bits per heavy atom. The molecule has 0 aliphatic heterocycles. The molecule has 0 bridgehead atoms. The first-order valence-corrected chi connectivity index (χ1v) is 5.34. The van der Waals surface area contributed by atoms with Crippen molar-refractivity contribution in [2.75, 3.05) is 0 Å². The zero-order chi connectivity index (χ0) is 15.9. The maximum absolute atomic E-state index is 9.00. The molecule has 0 spiro atoms. The summed E-state index contributed by atoms with van der Waals surface area (Å²) in [6, 6.07) is 0. The predicted molar refractivity (Wildman–Crippen MR) is 69.7 cm³/mol. The zero-order valence-electron chi connectivity index (χ0n) is 12.3. The number of carboxylic acid groups (broad SMARTS) is 3. The van der Waals surface area contributed by atoms with E-state index in [9.17, 15) is 0 Å². The van der Waals surface area contributed by atoms with Crippen LogP contribution < -0.4 is 0 Å². The number of hydrogen-bond acceptors (Lipinski definition) is 3. The van der Waals surface area contributed by atoms with Gasteiger partial charge in [-0.05, 0) is 5.41 Å². The van der Waals surface area contributed by atoms with Gasteiger partial charge in [-0.15, -0.1) is 0 Å². The Labute approximate surface area is 109 Å². The first kappa shape index (κ1) is 25.3. The molecule has 6 nitrogen and oxygen atoms in total. The third-order valence-electron chi connectivity index (χ3n) is 1.06. The molecule has 0 amide bonds. The molecule has 6 heteroatoms. The molecule has 0 saturated heterocycles. The summed E-state index contributed by atoms with van der Waals surface area (Å²) in [5.41, 5.74) is 0.542. The van der Waals surface area contributed by atoms with Crippen LogP contribution in [0.5, 0.6) is 0 Å². The van der Waals surface area contributed by atoms with Crippen LogP contribution in [-0.2, 0) is 14.4 Å². The van der Waals surface area contributed by atoms with E-state index in [1.165, 1.54) is 6.42 Å². The molecule has 0 aromatic heterocycles. The summed E-state index contributed by atoms with van der Waals surface area (Å²) < 4.78 is 0. The van der Waals surface area contributed by atoms with E-state index < -0.39 is 17.9 Å². The van der Waals surface area contributed by atoms with Crippen molar-refractivity contribution < 1.29 is 29.7 Å². The minimum atomic E-state index is -0.833. The molecule has 0 aliphatic carbocycles. The summed E-state index contributed by atoms with van der Waals surface area (Å²) in [5, 5.41) is 22.2. The van der Waals surface area contributed by atoms with Gasteiger partial charge in [0, 0.05) is 20.8 Å². The molecular weight excluding hydrogens is 240 g/mol. The lowest BCUT2D eigenvalue weighted by Gasteiger charge is -2.12. The number of hydrogen-bond donors (Lipinski definition) is 3. The van der Waals surface area contributed by atoms with Crippen LogP contribution in [0.15, 0.2) is 0 Å². The van der Waals surface area contributed by atoms with E-state index in [4.69, 9.17) is 29.7 Å². The van der Waals surface area contributed by atoms with Crippen molar-refractivity contribution in [2.24, 2.45) is 5.41 Å². The van der Waals surface area contributed by atoms with Crippen LogP contribution in [0, 0.1) is 5.41 Å². The molecule has 0 radical (unpaired) electrons. The Kier molecular flexibility index (Phi) is 21.7. The topological polar surface area (TPSA) is 112 Å². The molecule has 0 aromatic rings. The fourth-order valence-electron chi connectivity index (χ4n) is 0. The lowest BCUT2D eigenvalue weighted by Crippen LogP contribution is -2.00. The number of aliphatic carboxylic acids is 3. The number of carbonyl (C=O) groups is 3. The highest BCUT2D eigenvalue weighted by Gasteiger charge is 2.03. The molecule has 0 rings (SSSR count). The van der Waals surface area contributed by atoms with Crippen LogP contribution in [0.4, 0.5) is 0 Å². The minimum Gasteiger partial charge on any atom is -0.481 e. The number of carboxylic acids is 3. The van der Waals surface area contributed by atoms with Gasteiger partial charge in [0.25, 0.3) is 17.9 Å². The van der Waals surface area contributed by atoms with Gasteiger partial charge < -0.3 is 15.3 Å². The second-order valence-corrected chi connectivity index (χ2v) is 4.47. The van der Waals surface area contributed by atoms with Crippen molar-refractivity contribution in [1.82, 2.24) is 0 Å². The molecule has 110 valence electrons. The van der Waals surface area contributed by atoms with Gasteiger partial charge in [-0.25, -0.2) is 0 Å². The maximum Gasteiger partial charge on any atom is 0.300 e. The molecular formula is C12H26O6. The second kappa shape index (κ2) is 15.4. The van der Waals surface area contributed by atoms with Gasteiger partial charge in [-0.1, -0.05) is 34.1 Å². The minimum absolute atomic E-state index is 0.542. The third kappa shape index (κ3) is 1300. The van der Waals surface area contributed by atoms with E-state index >= 15 is 0 Å². The standard InChI is InChI=1S/C6H14.3C2H4O2/c1-5-6(2,3)4;3*1-2(3)4/h5H2,1-4H3;3*1H3,(H,3,4). The molecule has 0 aliphatic rings. The molecule has 0 unspecified atom stereocenters. The van der Waals surface area contributed by atoms with Crippen molar-refractivity contribution in [3.05, 3.63) is 0 Å². The van der Waals surface area contributed by atoms with Crippen molar-refractivity contribution in [1.29, 1.82) is 0 Å². The smallest absolute Gasteiger partial charge is 0.300 e. The first-order chi connectivity index (χ1) is 7.76. The van der Waals surface area contributed by atoms with E-state index in [1.54, 1.807) is 0 Å². The van der Waals surface area contributed by atoms with Crippen LogP contribution >= 0.6 is 0 Å². The largest absolute Gasteiger partial charge is 0.481 e. The average Bonchev–Trinajstić information content (AvgIpc) is 1.99. The van der Waals surface area contributed by atoms with Gasteiger partial charge in [0.15, 0.2) is 0 Å². The van der Waals surface area contributed by atoms with Gasteiger partial charge in [0.05, 0.1) is 0 Å². The summed E-state index contributed by atoms with van der Waals surface area (Å²) in [6.45, 7) is 12.2. The normalized spacial score (nSPS) is 8.17. The predicted octanol–water partition coefficient (Wildman–Crippen LogP) is 2.72. The lowest BCUT2D eigenvalue weighted by atomic mass is 9.94. The summed E-state index contributed by atoms with van der Waals surface area (Å²) >= 11 is 0. The van der Waals surface area contributed by atoms with E-state index in [0.717, 1.165) is 20.8 Å². The molecule has 3 N–H and O–H groups in total. The maximum atomic E-state index is 9.00. The highest BCUT2D eigenvalue weighted by molar-refractivity contribution is 5.63. The molecule has 18 heavy (non-hydrogen) atoms. The van der Waals surface area contributed by atoms with E-state index in [0.29, 0.717) is 5.41 Å². The average molecular weight is 266 g/mol. The van der Waals surface area contributed by atoms with E-state index in [-0.39, 0.29) is 0 Å². The van der Waals surface area contributed by atoms with Crippen molar-refractivity contribution >= 4 is 17.9 Å². The Morgan fingerprint density at radius 2 is 0.833 bits per heavy atom. The Bertz CT molecular complexity index is 187. The molecule has 0 saturated carbocycles. The Morgan fingerprint density at radius 3 is 0.833 bits per heavy atom. The fraction of sp³-hybridized carbons (Fsp3) is 0.750. The van der Waals surface area contributed by atoms with Crippen molar-refractivity contribution in [2.45, 2.75) is 54.9 Å². The van der Waals surface area contributed by atoms with Gasteiger partial charge in [-0.3, -0.25) is 14.4 Å². The molecule has 0 fully saturated rings. The lowest BCUT2D eigenvalue weighted by molar-refractivity contribution is -0.135. The summed E-state index contributed by atoms with van der Waals surface area (Å²) in [4.78, 5) is 27.0. The summed E-state index contributed by atoms with van der Waals surface area (Å²) in [5.74, 6) is -2.50. The summed E-state index contributed by atoms with van der Waals surface area (Å²) in [6.07, 6.45) is 1.27. The zero-order valence-corrected chi connectivity index (χ0v) is 12.3. The van der Waals surface area contributed by atoms with Crippen LogP contribution in [-0.4, -0.2) is 33.2 Å². The summed E-state index contributed by atoms with van der Waals surface area (Å²) in [7, 11) is 0. The highest BCUT2D eigenvalue weighted by atomic mass is 16.4. The van der Waals surface area contributed by atoms with Crippen molar-refractivity contribution in [3.63, 3.8) is 0 Å². The van der Waals surface area contributed by atoms with Gasteiger partial charge in [-0.2, -0.15) is 0 Å². The monoisotopic (exact) mass is 266 g/mol. The second-order valence-electron chi connectivity index (χ2n) is 4.47. The SMILES string of the molecule is CC(=O)O.CC(=O)O.CC(=O)O.CCC(C)(C)C. The van der Waals surface area contributed by atoms with Crippen LogP contribution in [0.2, 0.25) is 0 Å². The van der Waals surface area contributed by atoms with Gasteiger partial charge in [0.2, 0.25) is 0 Å². The highest BCUT2D eigenvalue weighted by Crippen LogP contribution is 2.16. The van der Waals surface area contributed by atoms with E-state index in [2.05, 4.69) is 27.7 Å². The quantitative estimate of drug-likeness (QED) is 0.621. The molecule has 0 atom stereocenters. The van der Waals surface area contributed by atoms with Gasteiger partial charge in [0.1, 0.15) is 0 Å². The van der Waals surface area contributed by atoms with Crippen molar-refractivity contribution in [3.8, 4) is 0 Å². The third-order valence-corrected chi connectivity index (χ3v) is 1.06. The Balaban J connectivity index is -0.0000000742. The van der Waals surface area contributed by atoms with Crippen LogP contribution in [0.1, 0.15) is 54.9 Å². The fourth-order valence-corrected chi connectivity index (χ4v) is 0.